The Morgan fingerprint density at radius 1 is 1.35 bits per heavy atom. The van der Waals surface area contributed by atoms with Gasteiger partial charge in [0.1, 0.15) is 0 Å². The van der Waals surface area contributed by atoms with Crippen molar-refractivity contribution in [2.45, 2.75) is 12.8 Å². The fourth-order valence-corrected chi connectivity index (χ4v) is 1.54. The standard InChI is InChI=1S/C15H16N2O3/c1-17(10-2-3-15(19)20)14(18)9-8-12-4-6-13(11-16)7-5-12/h4-9H,2-3,10H2,1H3,(H,19,20)/b9-8+. The van der Waals surface area contributed by atoms with Crippen LogP contribution in [0.4, 0.5) is 0 Å². The molecule has 0 unspecified atom stereocenters. The molecule has 5 nitrogen and oxygen atoms in total. The predicted molar refractivity (Wildman–Crippen MR) is 74.7 cm³/mol. The number of hydrogen-bond donors (Lipinski definition) is 1. The first-order valence-electron chi connectivity index (χ1n) is 6.18. The summed E-state index contributed by atoms with van der Waals surface area (Å²) in [6.07, 6.45) is 3.58. The Labute approximate surface area is 117 Å². The number of carboxylic acids is 1. The highest BCUT2D eigenvalue weighted by molar-refractivity contribution is 5.91. The molecule has 1 aromatic rings. The summed E-state index contributed by atoms with van der Waals surface area (Å²) in [5.74, 6) is -1.04. The van der Waals surface area contributed by atoms with Gasteiger partial charge in [-0.25, -0.2) is 0 Å². The highest BCUT2D eigenvalue weighted by atomic mass is 16.4. The number of nitrogens with zero attached hydrogens (tertiary/aromatic N) is 2. The van der Waals surface area contributed by atoms with Crippen LogP contribution >= 0.6 is 0 Å². The fourth-order valence-electron chi connectivity index (χ4n) is 1.54. The first-order chi connectivity index (χ1) is 9.52. The molecule has 0 saturated carbocycles. The van der Waals surface area contributed by atoms with Gasteiger partial charge in [-0.2, -0.15) is 5.26 Å². The van der Waals surface area contributed by atoms with Crippen molar-refractivity contribution in [3.8, 4) is 6.07 Å². The molecule has 1 amide bonds. The van der Waals surface area contributed by atoms with E-state index in [0.29, 0.717) is 18.5 Å². The Kier molecular flexibility index (Phi) is 5.98. The number of benzene rings is 1. The summed E-state index contributed by atoms with van der Waals surface area (Å²) in [4.78, 5) is 23.6. The second kappa shape index (κ2) is 7.74. The fraction of sp³-hybridized carbons (Fsp3) is 0.267. The summed E-state index contributed by atoms with van der Waals surface area (Å²) in [6.45, 7) is 0.406. The van der Waals surface area contributed by atoms with E-state index in [9.17, 15) is 9.59 Å². The molecule has 0 aromatic heterocycles. The molecular weight excluding hydrogens is 256 g/mol. The summed E-state index contributed by atoms with van der Waals surface area (Å²) < 4.78 is 0. The number of hydrogen-bond acceptors (Lipinski definition) is 3. The van der Waals surface area contributed by atoms with Crippen molar-refractivity contribution in [2.75, 3.05) is 13.6 Å². The molecule has 0 atom stereocenters. The van der Waals surface area contributed by atoms with Crippen molar-refractivity contribution >= 4 is 18.0 Å². The van der Waals surface area contributed by atoms with Crippen LogP contribution in [-0.2, 0) is 9.59 Å². The minimum atomic E-state index is -0.862. The molecule has 0 aliphatic carbocycles. The largest absolute Gasteiger partial charge is 0.481 e. The van der Waals surface area contributed by atoms with E-state index in [1.165, 1.54) is 11.0 Å². The van der Waals surface area contributed by atoms with E-state index in [4.69, 9.17) is 10.4 Å². The van der Waals surface area contributed by atoms with E-state index < -0.39 is 5.97 Å². The molecule has 104 valence electrons. The van der Waals surface area contributed by atoms with E-state index in [1.807, 2.05) is 6.07 Å². The number of likely N-dealkylation sites (N-methyl/N-ethyl adjacent to an activating group) is 1. The van der Waals surface area contributed by atoms with Crippen molar-refractivity contribution in [3.05, 3.63) is 41.5 Å². The number of aliphatic carboxylic acids is 1. The van der Waals surface area contributed by atoms with Gasteiger partial charge in [-0.3, -0.25) is 9.59 Å². The van der Waals surface area contributed by atoms with Gasteiger partial charge in [-0.05, 0) is 30.2 Å². The average Bonchev–Trinajstić information content (AvgIpc) is 2.44. The molecule has 0 aliphatic heterocycles. The molecule has 0 aliphatic rings. The Balaban J connectivity index is 2.49. The number of amides is 1. The van der Waals surface area contributed by atoms with Crippen molar-refractivity contribution in [2.24, 2.45) is 0 Å². The summed E-state index contributed by atoms with van der Waals surface area (Å²) in [7, 11) is 1.63. The number of carbonyl (C=O) groups is 2. The smallest absolute Gasteiger partial charge is 0.303 e. The second-order valence-corrected chi connectivity index (χ2v) is 4.32. The van der Waals surface area contributed by atoms with Crippen LogP contribution < -0.4 is 0 Å². The van der Waals surface area contributed by atoms with E-state index >= 15 is 0 Å². The van der Waals surface area contributed by atoms with Gasteiger partial charge in [0.25, 0.3) is 0 Å². The van der Waals surface area contributed by atoms with Crippen molar-refractivity contribution < 1.29 is 14.7 Å². The second-order valence-electron chi connectivity index (χ2n) is 4.32. The summed E-state index contributed by atoms with van der Waals surface area (Å²) >= 11 is 0. The zero-order valence-electron chi connectivity index (χ0n) is 11.2. The van der Waals surface area contributed by atoms with Gasteiger partial charge in [-0.1, -0.05) is 12.1 Å². The van der Waals surface area contributed by atoms with Crippen LogP contribution in [0, 0.1) is 11.3 Å². The van der Waals surface area contributed by atoms with Crippen LogP contribution in [0.5, 0.6) is 0 Å². The molecule has 0 spiro atoms. The van der Waals surface area contributed by atoms with Gasteiger partial charge in [0.05, 0.1) is 11.6 Å². The Bertz CT molecular complexity index is 541. The van der Waals surface area contributed by atoms with E-state index in [-0.39, 0.29) is 12.3 Å². The van der Waals surface area contributed by atoms with Gasteiger partial charge in [-0.15, -0.1) is 0 Å². The summed E-state index contributed by atoms with van der Waals surface area (Å²) in [5.41, 5.74) is 1.40. The van der Waals surface area contributed by atoms with Gasteiger partial charge in [0, 0.05) is 26.1 Å². The Hall–Kier alpha value is -2.61. The average molecular weight is 272 g/mol. The molecule has 1 N–H and O–H groups in total. The maximum absolute atomic E-state index is 11.8. The lowest BCUT2D eigenvalue weighted by Gasteiger charge is -2.13. The molecule has 0 fully saturated rings. The number of nitriles is 1. The maximum Gasteiger partial charge on any atom is 0.303 e. The molecule has 0 bridgehead atoms. The third kappa shape index (κ3) is 5.36. The molecule has 0 saturated heterocycles. The van der Waals surface area contributed by atoms with Crippen LogP contribution in [0.2, 0.25) is 0 Å². The van der Waals surface area contributed by atoms with Gasteiger partial charge < -0.3 is 10.0 Å². The zero-order valence-corrected chi connectivity index (χ0v) is 11.2. The normalized spacial score (nSPS) is 10.2. The Morgan fingerprint density at radius 3 is 2.55 bits per heavy atom. The predicted octanol–water partition coefficient (Wildman–Crippen LogP) is 1.89. The first kappa shape index (κ1) is 15.4. The number of rotatable bonds is 6. The van der Waals surface area contributed by atoms with Gasteiger partial charge >= 0.3 is 5.97 Å². The lowest BCUT2D eigenvalue weighted by atomic mass is 10.1. The number of carboxylic acid groups (broad SMARTS) is 1. The van der Waals surface area contributed by atoms with Crippen molar-refractivity contribution in [1.82, 2.24) is 4.90 Å². The molecule has 0 heterocycles. The van der Waals surface area contributed by atoms with Gasteiger partial charge in [0.15, 0.2) is 0 Å². The summed E-state index contributed by atoms with van der Waals surface area (Å²) in [5, 5.41) is 17.2. The third-order valence-electron chi connectivity index (χ3n) is 2.72. The van der Waals surface area contributed by atoms with Crippen LogP contribution in [0.1, 0.15) is 24.0 Å². The van der Waals surface area contributed by atoms with Crippen LogP contribution in [0.3, 0.4) is 0 Å². The van der Waals surface area contributed by atoms with Crippen LogP contribution in [0.15, 0.2) is 30.3 Å². The topological polar surface area (TPSA) is 81.4 Å². The monoisotopic (exact) mass is 272 g/mol. The highest BCUT2D eigenvalue weighted by Crippen LogP contribution is 2.05. The highest BCUT2D eigenvalue weighted by Gasteiger charge is 2.05. The molecule has 0 radical (unpaired) electrons. The lowest BCUT2D eigenvalue weighted by Crippen LogP contribution is -2.26. The Morgan fingerprint density at radius 2 is 2.00 bits per heavy atom. The number of carbonyl (C=O) groups excluding carboxylic acids is 1. The minimum absolute atomic E-state index is 0.0525. The lowest BCUT2D eigenvalue weighted by molar-refractivity contribution is -0.137. The van der Waals surface area contributed by atoms with E-state index in [0.717, 1.165) is 5.56 Å². The molecular formula is C15H16N2O3. The SMILES string of the molecule is CN(CCCC(=O)O)C(=O)/C=C/c1ccc(C#N)cc1. The molecule has 1 aromatic carbocycles. The summed E-state index contributed by atoms with van der Waals surface area (Å²) in [6, 6.07) is 8.90. The molecule has 20 heavy (non-hydrogen) atoms. The zero-order chi connectivity index (χ0) is 15.0. The van der Waals surface area contributed by atoms with Gasteiger partial charge in [0.2, 0.25) is 5.91 Å². The third-order valence-corrected chi connectivity index (χ3v) is 2.72. The van der Waals surface area contributed by atoms with E-state index in [1.54, 1.807) is 37.4 Å². The van der Waals surface area contributed by atoms with Crippen LogP contribution in [-0.4, -0.2) is 35.5 Å². The maximum atomic E-state index is 11.8. The molecule has 1 rings (SSSR count). The first-order valence-corrected chi connectivity index (χ1v) is 6.18. The minimum Gasteiger partial charge on any atom is -0.481 e. The van der Waals surface area contributed by atoms with Crippen LogP contribution in [0.25, 0.3) is 6.08 Å². The van der Waals surface area contributed by atoms with Crippen molar-refractivity contribution in [3.63, 3.8) is 0 Å². The quantitative estimate of drug-likeness (QED) is 0.802. The van der Waals surface area contributed by atoms with E-state index in [2.05, 4.69) is 0 Å². The molecule has 5 heteroatoms. The van der Waals surface area contributed by atoms with Crippen molar-refractivity contribution in [1.29, 1.82) is 5.26 Å².